The lowest BCUT2D eigenvalue weighted by Gasteiger charge is -2.34. The predicted octanol–water partition coefficient (Wildman–Crippen LogP) is 3.47. The fraction of sp³-hybridized carbons (Fsp3) is 0.276. The second kappa shape index (κ2) is 10.7. The lowest BCUT2D eigenvalue weighted by atomic mass is 10.1. The first-order valence-corrected chi connectivity index (χ1v) is 12.8. The van der Waals surface area contributed by atoms with Crippen molar-refractivity contribution in [1.82, 2.24) is 19.8 Å². The van der Waals surface area contributed by atoms with Gasteiger partial charge in [-0.25, -0.2) is 9.78 Å². The maximum atomic E-state index is 12.7. The van der Waals surface area contributed by atoms with E-state index in [4.69, 9.17) is 18.9 Å². The van der Waals surface area contributed by atoms with Crippen LogP contribution in [0.15, 0.2) is 60.7 Å². The number of hydrogen-bond donors (Lipinski definition) is 1. The zero-order valence-electron chi connectivity index (χ0n) is 21.5. The van der Waals surface area contributed by atoms with E-state index in [0.717, 1.165) is 53.5 Å². The Hall–Kier alpha value is -4.57. The van der Waals surface area contributed by atoms with Gasteiger partial charge in [0.05, 0.1) is 23.7 Å². The van der Waals surface area contributed by atoms with Gasteiger partial charge >= 0.3 is 5.97 Å². The standard InChI is InChI=1S/C29H28N4O6/c1-36-22-6-3-20(4-7-22)28-30-23-8-5-21(15-24(23)31-28)29(35)37-17-27(34)33-12-10-32(11-13-33)16-19-2-9-25-26(14-19)39-18-38-25/h2-9,14-15H,10-13,16-18H2,1H3,(H,30,31). The summed E-state index contributed by atoms with van der Waals surface area (Å²) >= 11 is 0. The van der Waals surface area contributed by atoms with Crippen LogP contribution in [0.25, 0.3) is 22.4 Å². The number of carbonyl (C=O) groups is 2. The smallest absolute Gasteiger partial charge is 0.338 e. The number of rotatable bonds is 7. The van der Waals surface area contributed by atoms with Crippen molar-refractivity contribution in [3.63, 3.8) is 0 Å². The van der Waals surface area contributed by atoms with Gasteiger partial charge in [0, 0.05) is 38.3 Å². The number of nitrogens with zero attached hydrogens (tertiary/aromatic N) is 3. The van der Waals surface area contributed by atoms with Gasteiger partial charge < -0.3 is 28.8 Å². The van der Waals surface area contributed by atoms with Gasteiger partial charge in [0.2, 0.25) is 6.79 Å². The van der Waals surface area contributed by atoms with Gasteiger partial charge in [-0.05, 0) is 60.2 Å². The van der Waals surface area contributed by atoms with Crippen molar-refractivity contribution in [2.75, 3.05) is 46.7 Å². The summed E-state index contributed by atoms with van der Waals surface area (Å²) in [7, 11) is 1.62. The number of hydrogen-bond acceptors (Lipinski definition) is 8. The molecular formula is C29H28N4O6. The van der Waals surface area contributed by atoms with E-state index in [0.29, 0.717) is 30.0 Å². The van der Waals surface area contributed by atoms with Crippen LogP contribution in [0.1, 0.15) is 15.9 Å². The van der Waals surface area contributed by atoms with Crippen molar-refractivity contribution in [2.24, 2.45) is 0 Å². The van der Waals surface area contributed by atoms with Crippen LogP contribution in [-0.4, -0.2) is 78.3 Å². The molecule has 39 heavy (non-hydrogen) atoms. The molecule has 4 aromatic rings. The van der Waals surface area contributed by atoms with E-state index in [1.54, 1.807) is 30.2 Å². The van der Waals surface area contributed by atoms with E-state index in [1.165, 1.54) is 0 Å². The number of methoxy groups -OCH3 is 1. The molecule has 0 spiro atoms. The SMILES string of the molecule is COc1ccc(-c2nc3ccc(C(=O)OCC(=O)N4CCN(Cc5ccc6c(c5)OCO6)CC4)cc3[nH]2)cc1. The average Bonchev–Trinajstić information content (AvgIpc) is 3.62. The monoisotopic (exact) mass is 528 g/mol. The minimum Gasteiger partial charge on any atom is -0.497 e. The number of H-pyrrole nitrogens is 1. The van der Waals surface area contributed by atoms with Crippen LogP contribution in [-0.2, 0) is 16.1 Å². The van der Waals surface area contributed by atoms with Gasteiger partial charge in [-0.2, -0.15) is 0 Å². The van der Waals surface area contributed by atoms with Gasteiger partial charge in [0.15, 0.2) is 18.1 Å². The quantitative estimate of drug-likeness (QED) is 0.364. The van der Waals surface area contributed by atoms with E-state index in [-0.39, 0.29) is 19.3 Å². The van der Waals surface area contributed by atoms with Gasteiger partial charge in [-0.1, -0.05) is 6.07 Å². The van der Waals surface area contributed by atoms with Crippen molar-refractivity contribution < 1.29 is 28.5 Å². The number of ether oxygens (including phenoxy) is 4. The molecule has 3 heterocycles. The van der Waals surface area contributed by atoms with Crippen molar-refractivity contribution >= 4 is 22.9 Å². The van der Waals surface area contributed by atoms with E-state index >= 15 is 0 Å². The summed E-state index contributed by atoms with van der Waals surface area (Å²) < 4.78 is 21.4. The molecule has 0 saturated carbocycles. The zero-order chi connectivity index (χ0) is 26.8. The van der Waals surface area contributed by atoms with Crippen LogP contribution in [0, 0.1) is 0 Å². The second-order valence-corrected chi connectivity index (χ2v) is 9.47. The fourth-order valence-corrected chi connectivity index (χ4v) is 4.78. The van der Waals surface area contributed by atoms with Crippen LogP contribution in [0.5, 0.6) is 17.2 Å². The van der Waals surface area contributed by atoms with Crippen LogP contribution >= 0.6 is 0 Å². The van der Waals surface area contributed by atoms with Gasteiger partial charge in [0.25, 0.3) is 5.91 Å². The molecule has 2 aliphatic heterocycles. The van der Waals surface area contributed by atoms with E-state index in [9.17, 15) is 9.59 Å². The molecule has 1 fully saturated rings. The number of imidazole rings is 1. The molecule has 10 heteroatoms. The van der Waals surface area contributed by atoms with Crippen LogP contribution in [0.3, 0.4) is 0 Å². The van der Waals surface area contributed by atoms with Crippen LogP contribution < -0.4 is 14.2 Å². The van der Waals surface area contributed by atoms with E-state index < -0.39 is 5.97 Å². The predicted molar refractivity (Wildman–Crippen MR) is 143 cm³/mol. The number of esters is 1. The van der Waals surface area contributed by atoms with Crippen LogP contribution in [0.2, 0.25) is 0 Å². The summed E-state index contributed by atoms with van der Waals surface area (Å²) in [5.41, 5.74) is 3.83. The molecule has 0 radical (unpaired) electrons. The molecular weight excluding hydrogens is 500 g/mol. The molecule has 10 nitrogen and oxygen atoms in total. The maximum absolute atomic E-state index is 12.7. The third-order valence-electron chi connectivity index (χ3n) is 6.98. The summed E-state index contributed by atoms with van der Waals surface area (Å²) in [5.74, 6) is 2.24. The Bertz CT molecular complexity index is 1510. The number of aromatic amines is 1. The molecule has 1 amide bonds. The van der Waals surface area contributed by atoms with Gasteiger partial charge in [-0.3, -0.25) is 9.69 Å². The third kappa shape index (κ3) is 5.37. The largest absolute Gasteiger partial charge is 0.497 e. The minimum absolute atomic E-state index is 0.199. The molecule has 1 N–H and O–H groups in total. The first-order valence-electron chi connectivity index (χ1n) is 12.8. The topological polar surface area (TPSA) is 106 Å². The summed E-state index contributed by atoms with van der Waals surface area (Å²) in [5, 5.41) is 0. The molecule has 3 aromatic carbocycles. The maximum Gasteiger partial charge on any atom is 0.338 e. The molecule has 0 aliphatic carbocycles. The van der Waals surface area contributed by atoms with Crippen molar-refractivity contribution in [3.05, 3.63) is 71.8 Å². The highest BCUT2D eigenvalue weighted by Gasteiger charge is 2.23. The number of piperazine rings is 1. The average molecular weight is 529 g/mol. The zero-order valence-corrected chi connectivity index (χ0v) is 21.5. The van der Waals surface area contributed by atoms with Gasteiger partial charge in [-0.15, -0.1) is 0 Å². The number of benzene rings is 3. The van der Waals surface area contributed by atoms with Crippen molar-refractivity contribution in [3.8, 4) is 28.6 Å². The molecule has 200 valence electrons. The first kappa shape index (κ1) is 24.7. The molecule has 6 rings (SSSR count). The second-order valence-electron chi connectivity index (χ2n) is 9.47. The fourth-order valence-electron chi connectivity index (χ4n) is 4.78. The summed E-state index contributed by atoms with van der Waals surface area (Å²) in [4.78, 5) is 37.3. The normalized spacial score (nSPS) is 14.9. The summed E-state index contributed by atoms with van der Waals surface area (Å²) in [6.45, 7) is 3.36. The highest BCUT2D eigenvalue weighted by Crippen LogP contribution is 2.33. The highest BCUT2D eigenvalue weighted by atomic mass is 16.7. The van der Waals surface area contributed by atoms with E-state index in [2.05, 4.69) is 14.9 Å². The third-order valence-corrected chi connectivity index (χ3v) is 6.98. The number of aromatic nitrogens is 2. The Morgan fingerprint density at radius 1 is 0.949 bits per heavy atom. The molecule has 1 saturated heterocycles. The molecule has 0 atom stereocenters. The Balaban J connectivity index is 1.00. The Morgan fingerprint density at radius 2 is 1.74 bits per heavy atom. The molecule has 0 bridgehead atoms. The highest BCUT2D eigenvalue weighted by molar-refractivity contribution is 5.95. The molecule has 2 aliphatic rings. The lowest BCUT2D eigenvalue weighted by Crippen LogP contribution is -2.49. The number of fused-ring (bicyclic) bond motifs is 2. The molecule has 0 unspecified atom stereocenters. The Morgan fingerprint density at radius 3 is 2.54 bits per heavy atom. The molecule has 1 aromatic heterocycles. The Kier molecular flexibility index (Phi) is 6.76. The first-order chi connectivity index (χ1) is 19.1. The number of nitrogens with one attached hydrogen (secondary N) is 1. The minimum atomic E-state index is -0.549. The number of amides is 1. The van der Waals surface area contributed by atoms with Gasteiger partial charge in [0.1, 0.15) is 11.6 Å². The van der Waals surface area contributed by atoms with E-state index in [1.807, 2.05) is 42.5 Å². The lowest BCUT2D eigenvalue weighted by molar-refractivity contribution is -0.136. The summed E-state index contributed by atoms with van der Waals surface area (Å²) in [6, 6.07) is 18.6. The van der Waals surface area contributed by atoms with Crippen LogP contribution in [0.4, 0.5) is 0 Å². The number of carbonyl (C=O) groups excluding carboxylic acids is 2. The van der Waals surface area contributed by atoms with Crippen molar-refractivity contribution in [2.45, 2.75) is 6.54 Å². The Labute approximate surface area is 225 Å². The van der Waals surface area contributed by atoms with Crippen molar-refractivity contribution in [1.29, 1.82) is 0 Å². The summed E-state index contributed by atoms with van der Waals surface area (Å²) in [6.07, 6.45) is 0.